The van der Waals surface area contributed by atoms with E-state index in [9.17, 15) is 0 Å². The maximum Gasteiger partial charge on any atom is 0.174 e. The molecule has 4 heterocycles. The van der Waals surface area contributed by atoms with E-state index >= 15 is 0 Å². The molecule has 31 heavy (non-hydrogen) atoms. The molecule has 2 atom stereocenters. The molecule has 156 valence electrons. The van der Waals surface area contributed by atoms with E-state index in [4.69, 9.17) is 12.2 Å². The molecule has 1 aliphatic rings. The lowest BCUT2D eigenvalue weighted by Crippen LogP contribution is -2.29. The average Bonchev–Trinajstić information content (AvgIpc) is 3.46. The van der Waals surface area contributed by atoms with Crippen molar-refractivity contribution < 1.29 is 0 Å². The number of nitrogens with one attached hydrogen (secondary N) is 1. The predicted octanol–water partition coefficient (Wildman–Crippen LogP) is 3.89. The highest BCUT2D eigenvalue weighted by molar-refractivity contribution is 7.80. The van der Waals surface area contributed by atoms with Crippen molar-refractivity contribution in [1.29, 1.82) is 0 Å². The third-order valence-electron chi connectivity index (χ3n) is 5.77. The summed E-state index contributed by atoms with van der Waals surface area (Å²) in [6, 6.07) is 16.5. The first-order valence-corrected chi connectivity index (χ1v) is 10.6. The minimum Gasteiger partial charge on any atom is -0.351 e. The minimum atomic E-state index is -0.0796. The van der Waals surface area contributed by atoms with Crippen LogP contribution in [0, 0.1) is 20.8 Å². The van der Waals surface area contributed by atoms with Crippen LogP contribution in [0.4, 0.5) is 5.69 Å². The number of aryl methyl sites for hydroxylation is 2. The zero-order valence-corrected chi connectivity index (χ0v) is 18.4. The predicted molar refractivity (Wildman–Crippen MR) is 124 cm³/mol. The summed E-state index contributed by atoms with van der Waals surface area (Å²) in [6.45, 7) is 6.30. The third-order valence-corrected chi connectivity index (χ3v) is 6.08. The van der Waals surface area contributed by atoms with Crippen LogP contribution in [0.25, 0.3) is 0 Å². The average molecular weight is 430 g/mol. The van der Waals surface area contributed by atoms with Crippen molar-refractivity contribution in [3.05, 3.63) is 95.6 Å². The Morgan fingerprint density at radius 2 is 1.77 bits per heavy atom. The molecule has 0 saturated carbocycles. The van der Waals surface area contributed by atoms with Gasteiger partial charge in [0.05, 0.1) is 17.8 Å². The van der Waals surface area contributed by atoms with E-state index in [1.165, 1.54) is 11.1 Å². The van der Waals surface area contributed by atoms with Crippen LogP contribution in [-0.4, -0.2) is 29.6 Å². The van der Waals surface area contributed by atoms with Gasteiger partial charge >= 0.3 is 0 Å². The summed E-state index contributed by atoms with van der Waals surface area (Å²) < 4.78 is 4.00. The van der Waals surface area contributed by atoms with Crippen molar-refractivity contribution >= 4 is 23.0 Å². The first-order chi connectivity index (χ1) is 15.0. The number of hydrogen-bond donors (Lipinski definition) is 1. The Bertz CT molecular complexity index is 1230. The molecule has 0 spiro atoms. The van der Waals surface area contributed by atoms with Crippen molar-refractivity contribution in [2.45, 2.75) is 32.9 Å². The molecule has 8 heteroatoms. The van der Waals surface area contributed by atoms with Gasteiger partial charge in [0.2, 0.25) is 0 Å². The molecule has 7 nitrogen and oxygen atoms in total. The van der Waals surface area contributed by atoms with Crippen LogP contribution >= 0.6 is 12.2 Å². The van der Waals surface area contributed by atoms with E-state index in [0.29, 0.717) is 5.11 Å². The molecule has 5 rings (SSSR count). The lowest BCUT2D eigenvalue weighted by atomic mass is 9.96. The van der Waals surface area contributed by atoms with Crippen LogP contribution in [-0.2, 0) is 0 Å². The fourth-order valence-corrected chi connectivity index (χ4v) is 4.80. The molecule has 0 bridgehead atoms. The normalized spacial score (nSPS) is 18.4. The van der Waals surface area contributed by atoms with Crippen molar-refractivity contribution in [1.82, 2.24) is 29.9 Å². The van der Waals surface area contributed by atoms with Gasteiger partial charge in [-0.15, -0.1) is 10.2 Å². The summed E-state index contributed by atoms with van der Waals surface area (Å²) in [6.07, 6.45) is 5.23. The molecule has 0 unspecified atom stereocenters. The number of aromatic nitrogens is 5. The summed E-state index contributed by atoms with van der Waals surface area (Å²) in [5, 5.41) is 12.2. The van der Waals surface area contributed by atoms with Crippen molar-refractivity contribution in [3.63, 3.8) is 0 Å². The molecule has 0 radical (unpaired) electrons. The van der Waals surface area contributed by atoms with Crippen molar-refractivity contribution in [3.8, 4) is 0 Å². The summed E-state index contributed by atoms with van der Waals surface area (Å²) in [5.74, 6) is 0. The van der Waals surface area contributed by atoms with E-state index in [0.717, 1.165) is 22.8 Å². The Morgan fingerprint density at radius 1 is 0.968 bits per heavy atom. The molecular weight excluding hydrogens is 406 g/mol. The summed E-state index contributed by atoms with van der Waals surface area (Å²) in [5.41, 5.74) is 6.58. The van der Waals surface area contributed by atoms with E-state index in [1.54, 1.807) is 12.7 Å². The lowest BCUT2D eigenvalue weighted by molar-refractivity contribution is 0.557. The molecule has 4 aromatic rings. The second-order valence-electron chi connectivity index (χ2n) is 7.82. The first-order valence-electron chi connectivity index (χ1n) is 10.2. The van der Waals surface area contributed by atoms with Gasteiger partial charge in [-0.2, -0.15) is 0 Å². The Kier molecular flexibility index (Phi) is 4.78. The number of rotatable bonds is 4. The molecule has 1 fully saturated rings. The van der Waals surface area contributed by atoms with Gasteiger partial charge in [0, 0.05) is 28.8 Å². The van der Waals surface area contributed by atoms with Crippen LogP contribution in [0.15, 0.2) is 67.4 Å². The number of pyridine rings is 1. The summed E-state index contributed by atoms with van der Waals surface area (Å²) in [4.78, 5) is 6.85. The van der Waals surface area contributed by atoms with Gasteiger partial charge in [0.1, 0.15) is 12.7 Å². The van der Waals surface area contributed by atoms with Gasteiger partial charge in [-0.1, -0.05) is 18.2 Å². The van der Waals surface area contributed by atoms with E-state index in [2.05, 4.69) is 81.2 Å². The van der Waals surface area contributed by atoms with Gasteiger partial charge in [0.25, 0.3) is 0 Å². The van der Waals surface area contributed by atoms with Gasteiger partial charge in [-0.3, -0.25) is 9.66 Å². The Labute approximate surface area is 186 Å². The van der Waals surface area contributed by atoms with E-state index in [-0.39, 0.29) is 12.1 Å². The zero-order chi connectivity index (χ0) is 21.5. The topological polar surface area (TPSA) is 63.8 Å². The highest BCUT2D eigenvalue weighted by Crippen LogP contribution is 2.43. The Morgan fingerprint density at radius 3 is 2.48 bits per heavy atom. The second-order valence-corrected chi connectivity index (χ2v) is 8.20. The number of thiocarbonyl (C=S) groups is 1. The Balaban J connectivity index is 1.69. The molecule has 1 aromatic carbocycles. The molecule has 3 aromatic heterocycles. The van der Waals surface area contributed by atoms with E-state index < -0.39 is 0 Å². The minimum absolute atomic E-state index is 0.0550. The molecule has 0 amide bonds. The molecule has 1 aliphatic heterocycles. The van der Waals surface area contributed by atoms with Crippen LogP contribution in [0.5, 0.6) is 0 Å². The van der Waals surface area contributed by atoms with Gasteiger partial charge in [-0.25, -0.2) is 4.68 Å². The molecule has 1 N–H and O–H groups in total. The SMILES string of the molecule is Cc1cccc(N2C(=S)N[C@@H](c3ccccn3)[C@@H]2c2cc(C)n(-n3cnnc3)c2C)c1. The second kappa shape index (κ2) is 7.63. The maximum absolute atomic E-state index is 5.84. The highest BCUT2D eigenvalue weighted by Gasteiger charge is 2.42. The quantitative estimate of drug-likeness (QED) is 0.497. The van der Waals surface area contributed by atoms with Crippen LogP contribution in [0.2, 0.25) is 0 Å². The van der Waals surface area contributed by atoms with Crippen molar-refractivity contribution in [2.75, 3.05) is 4.90 Å². The Hall–Kier alpha value is -3.52. The molecule has 1 saturated heterocycles. The first kappa shape index (κ1) is 19.4. The van der Waals surface area contributed by atoms with Gasteiger partial charge < -0.3 is 10.2 Å². The van der Waals surface area contributed by atoms with Crippen LogP contribution < -0.4 is 10.2 Å². The third kappa shape index (κ3) is 3.29. The summed E-state index contributed by atoms with van der Waals surface area (Å²) in [7, 11) is 0. The van der Waals surface area contributed by atoms with E-state index in [1.807, 2.05) is 29.1 Å². The maximum atomic E-state index is 5.84. The number of anilines is 1. The largest absolute Gasteiger partial charge is 0.351 e. The lowest BCUT2D eigenvalue weighted by Gasteiger charge is -2.28. The monoisotopic (exact) mass is 429 g/mol. The number of benzene rings is 1. The fourth-order valence-electron chi connectivity index (χ4n) is 4.46. The summed E-state index contributed by atoms with van der Waals surface area (Å²) >= 11 is 5.84. The number of nitrogens with zero attached hydrogens (tertiary/aromatic N) is 6. The van der Waals surface area contributed by atoms with Gasteiger partial charge in [-0.05, 0) is 68.9 Å². The molecular formula is C23H23N7S. The van der Waals surface area contributed by atoms with Crippen molar-refractivity contribution in [2.24, 2.45) is 0 Å². The zero-order valence-electron chi connectivity index (χ0n) is 17.6. The fraction of sp³-hybridized carbons (Fsp3) is 0.217. The van der Waals surface area contributed by atoms with Crippen LogP contribution in [0.1, 0.15) is 40.3 Å². The smallest absolute Gasteiger partial charge is 0.174 e. The van der Waals surface area contributed by atoms with Gasteiger partial charge in [0.15, 0.2) is 5.11 Å². The standard InChI is InChI=1S/C23H23N7S/c1-15-7-6-8-18(11-15)29-22(21(27-23(29)31)20-9-4-5-10-24-20)19-12-16(2)30(17(19)3)28-13-25-26-14-28/h4-14,21-22H,1-3H3,(H,27,31)/t21-,22-/m0/s1. The van der Waals surface area contributed by atoms with Crippen LogP contribution in [0.3, 0.4) is 0 Å². The number of hydrogen-bond acceptors (Lipinski definition) is 4. The molecule has 0 aliphatic carbocycles. The highest BCUT2D eigenvalue weighted by atomic mass is 32.1.